The maximum Gasteiger partial charge on any atom is 0.330 e. The minimum atomic E-state index is -2.76. The highest BCUT2D eigenvalue weighted by molar-refractivity contribution is 6.91. The molecule has 5 nitrogen and oxygen atoms in total. The number of aliphatic carboxylic acids is 2. The van der Waals surface area contributed by atoms with Gasteiger partial charge in [0.25, 0.3) is 0 Å². The Kier molecular flexibility index (Phi) is 10.2. The van der Waals surface area contributed by atoms with E-state index in [1.165, 1.54) is 0 Å². The van der Waals surface area contributed by atoms with Gasteiger partial charge in [0, 0.05) is 11.1 Å². The van der Waals surface area contributed by atoms with Crippen LogP contribution >= 0.6 is 0 Å². The second-order valence-electron chi connectivity index (χ2n) is 7.55. The Morgan fingerprint density at radius 3 is 1.44 bits per heavy atom. The predicted octanol–water partition coefficient (Wildman–Crippen LogP) is 4.89. The van der Waals surface area contributed by atoms with Gasteiger partial charge in [0.1, 0.15) is 0 Å². The zero-order valence-corrected chi connectivity index (χ0v) is 18.5. The quantitative estimate of drug-likeness (QED) is 0.368. The maximum absolute atomic E-state index is 11.6. The van der Waals surface area contributed by atoms with Gasteiger partial charge in [-0.2, -0.15) is 0 Å². The number of hydrogen-bond acceptors (Lipinski definition) is 3. The van der Waals surface area contributed by atoms with Gasteiger partial charge in [0.15, 0.2) is 8.32 Å². The molecule has 0 bridgehead atoms. The first-order valence-electron chi connectivity index (χ1n) is 9.04. The molecule has 0 aromatic heterocycles. The fourth-order valence-corrected chi connectivity index (χ4v) is 10.4. The van der Waals surface area contributed by atoms with Crippen LogP contribution in [0.5, 0.6) is 0 Å². The van der Waals surface area contributed by atoms with Gasteiger partial charge in [0.05, 0.1) is 0 Å². The Morgan fingerprint density at radius 1 is 0.840 bits per heavy atom. The van der Waals surface area contributed by atoms with E-state index in [0.717, 1.165) is 25.7 Å². The first kappa shape index (κ1) is 23.8. The lowest BCUT2D eigenvalue weighted by Crippen LogP contribution is -2.43. The molecule has 0 amide bonds. The van der Waals surface area contributed by atoms with E-state index in [-0.39, 0.29) is 0 Å². The first-order valence-corrected chi connectivity index (χ1v) is 15.0. The molecule has 144 valence electrons. The van der Waals surface area contributed by atoms with Crippen molar-refractivity contribution < 1.29 is 23.9 Å². The number of carboxylic acids is 2. The lowest BCUT2D eigenvalue weighted by Gasteiger charge is -2.31. The van der Waals surface area contributed by atoms with Crippen molar-refractivity contribution in [3.05, 3.63) is 22.5 Å². The molecule has 2 N–H and O–H groups in total. The molecule has 0 spiro atoms. The summed E-state index contributed by atoms with van der Waals surface area (Å²) in [6, 6.07) is 0. The van der Waals surface area contributed by atoms with Gasteiger partial charge in [0.2, 0.25) is 8.32 Å². The van der Waals surface area contributed by atoms with Crippen molar-refractivity contribution >= 4 is 28.6 Å². The lowest BCUT2D eigenvalue weighted by molar-refractivity contribution is -0.133. The Bertz CT molecular complexity index is 482. The topological polar surface area (TPSA) is 83.8 Å². The van der Waals surface area contributed by atoms with Crippen molar-refractivity contribution in [3.8, 4) is 0 Å². The molecule has 0 radical (unpaired) electrons. The van der Waals surface area contributed by atoms with Crippen LogP contribution in [0, 0.1) is 0 Å². The molecule has 0 heterocycles. The lowest BCUT2D eigenvalue weighted by atomic mass is 10.1. The van der Waals surface area contributed by atoms with Gasteiger partial charge >= 0.3 is 11.9 Å². The summed E-state index contributed by atoms with van der Waals surface area (Å²) in [6.45, 7) is 12.1. The number of unbranched alkanes of at least 4 members (excludes halogenated alkanes) is 2. The van der Waals surface area contributed by atoms with Gasteiger partial charge in [-0.05, 0) is 51.9 Å². The SMILES string of the molecule is CCCCC(=C[Si](C)(C=C(CCCC)C(=O)O)O[Si](C)(C)C)C(=O)O. The highest BCUT2D eigenvalue weighted by atomic mass is 28.4. The van der Waals surface area contributed by atoms with Crippen molar-refractivity contribution in [1.82, 2.24) is 0 Å². The zero-order valence-electron chi connectivity index (χ0n) is 16.5. The molecule has 25 heavy (non-hydrogen) atoms. The number of rotatable bonds is 12. The van der Waals surface area contributed by atoms with Crippen LogP contribution in [0.3, 0.4) is 0 Å². The summed E-state index contributed by atoms with van der Waals surface area (Å²) >= 11 is 0. The molecule has 0 rings (SSSR count). The van der Waals surface area contributed by atoms with E-state index in [1.807, 2.05) is 40.0 Å². The highest BCUT2D eigenvalue weighted by Gasteiger charge is 2.33. The van der Waals surface area contributed by atoms with Crippen molar-refractivity contribution in [2.45, 2.75) is 78.6 Å². The average Bonchev–Trinajstić information content (AvgIpc) is 2.45. The Labute approximate surface area is 154 Å². The van der Waals surface area contributed by atoms with Crippen LogP contribution in [0.1, 0.15) is 52.4 Å². The molecular formula is C18H34O5Si2. The van der Waals surface area contributed by atoms with Crippen LogP contribution in [0.4, 0.5) is 0 Å². The molecule has 0 saturated heterocycles. The molecule has 0 aromatic rings. The van der Waals surface area contributed by atoms with E-state index in [4.69, 9.17) is 4.12 Å². The third kappa shape index (κ3) is 10.4. The second kappa shape index (κ2) is 10.7. The fourth-order valence-electron chi connectivity index (χ4n) is 2.67. The molecule has 0 aliphatic rings. The van der Waals surface area contributed by atoms with Gasteiger partial charge in [-0.3, -0.25) is 0 Å². The molecule has 0 fully saturated rings. The van der Waals surface area contributed by atoms with Crippen LogP contribution < -0.4 is 0 Å². The summed E-state index contributed by atoms with van der Waals surface area (Å²) < 4.78 is 6.34. The predicted molar refractivity (Wildman–Crippen MR) is 107 cm³/mol. The third-order valence-electron chi connectivity index (χ3n) is 3.60. The smallest absolute Gasteiger partial charge is 0.330 e. The third-order valence-corrected chi connectivity index (χ3v) is 9.65. The number of carboxylic acid groups (broad SMARTS) is 2. The molecule has 0 atom stereocenters. The zero-order chi connectivity index (χ0) is 19.7. The normalized spacial score (nSPS) is 15.8. The monoisotopic (exact) mass is 386 g/mol. The number of carbonyl (C=O) groups is 2. The van der Waals surface area contributed by atoms with Gasteiger partial charge in [-0.15, -0.1) is 0 Å². The van der Waals surface area contributed by atoms with E-state index in [2.05, 4.69) is 0 Å². The van der Waals surface area contributed by atoms with Crippen LogP contribution in [0.25, 0.3) is 0 Å². The van der Waals surface area contributed by atoms with Crippen LogP contribution in [0.15, 0.2) is 22.5 Å². The van der Waals surface area contributed by atoms with Crippen molar-refractivity contribution in [1.29, 1.82) is 0 Å². The Balaban J connectivity index is 5.98. The standard InChI is InChI=1S/C18H34O5Si2/c1-7-9-11-15(17(19)20)13-25(6,23-24(3,4)5)14-16(18(21)22)12-10-8-2/h13-14H,7-12H2,1-6H3,(H,19,20)(H,21,22). The summed E-state index contributed by atoms with van der Waals surface area (Å²) in [5.74, 6) is -1.88. The average molecular weight is 387 g/mol. The van der Waals surface area contributed by atoms with Crippen LogP contribution in [-0.2, 0) is 13.7 Å². The van der Waals surface area contributed by atoms with Gasteiger partial charge in [-0.1, -0.05) is 38.1 Å². The summed E-state index contributed by atoms with van der Waals surface area (Å²) in [7, 11) is -4.73. The fraction of sp³-hybridized carbons (Fsp3) is 0.667. The van der Waals surface area contributed by atoms with E-state index < -0.39 is 28.6 Å². The van der Waals surface area contributed by atoms with Gasteiger partial charge in [-0.25, -0.2) is 9.59 Å². The van der Waals surface area contributed by atoms with Crippen LogP contribution in [-0.4, -0.2) is 38.8 Å². The molecule has 0 unspecified atom stereocenters. The largest absolute Gasteiger partial charge is 0.478 e. The van der Waals surface area contributed by atoms with E-state index in [0.29, 0.717) is 24.0 Å². The molecule has 0 saturated carbocycles. The van der Waals surface area contributed by atoms with Gasteiger partial charge < -0.3 is 14.3 Å². The molecule has 0 aromatic carbocycles. The minimum Gasteiger partial charge on any atom is -0.478 e. The van der Waals surface area contributed by atoms with E-state index in [1.54, 1.807) is 11.4 Å². The molecule has 0 aliphatic carbocycles. The summed E-state index contributed by atoms with van der Waals surface area (Å²) in [4.78, 5) is 23.2. The maximum atomic E-state index is 11.6. The van der Waals surface area contributed by atoms with Crippen molar-refractivity contribution in [3.63, 3.8) is 0 Å². The summed E-state index contributed by atoms with van der Waals surface area (Å²) in [5.41, 5.74) is 4.15. The summed E-state index contributed by atoms with van der Waals surface area (Å²) in [5, 5.41) is 19.0. The Hall–Kier alpha value is -1.19. The Morgan fingerprint density at radius 2 is 1.20 bits per heavy atom. The molecular weight excluding hydrogens is 352 g/mol. The van der Waals surface area contributed by atoms with Crippen LogP contribution in [0.2, 0.25) is 26.2 Å². The molecule has 7 heteroatoms. The van der Waals surface area contributed by atoms with Crippen molar-refractivity contribution in [2.24, 2.45) is 0 Å². The van der Waals surface area contributed by atoms with E-state index >= 15 is 0 Å². The summed E-state index contributed by atoms with van der Waals surface area (Å²) in [6.07, 6.45) is 4.36. The molecule has 0 aliphatic heterocycles. The highest BCUT2D eigenvalue weighted by Crippen LogP contribution is 2.23. The van der Waals surface area contributed by atoms with E-state index in [9.17, 15) is 19.8 Å². The second-order valence-corrected chi connectivity index (χ2v) is 15.5. The number of hydrogen-bond donors (Lipinski definition) is 2. The van der Waals surface area contributed by atoms with Crippen molar-refractivity contribution in [2.75, 3.05) is 0 Å². The first-order chi connectivity index (χ1) is 11.4. The minimum absolute atomic E-state index is 0.339.